The molecule has 162 valence electrons. The fourth-order valence-corrected chi connectivity index (χ4v) is 2.74. The molecule has 1 heterocycles. The molecule has 0 saturated heterocycles. The van der Waals surface area contributed by atoms with Gasteiger partial charge in [0.2, 0.25) is 5.95 Å². The molecule has 0 aliphatic rings. The van der Waals surface area contributed by atoms with Crippen molar-refractivity contribution in [2.24, 2.45) is 17.4 Å². The predicted molar refractivity (Wildman–Crippen MR) is 112 cm³/mol. The second-order valence-electron chi connectivity index (χ2n) is 6.98. The van der Waals surface area contributed by atoms with Gasteiger partial charge in [0.05, 0.1) is 17.4 Å². The number of rotatable bonds is 9. The highest BCUT2D eigenvalue weighted by Crippen LogP contribution is 2.26. The summed E-state index contributed by atoms with van der Waals surface area (Å²) in [6, 6.07) is 4.06. The highest BCUT2D eigenvalue weighted by Gasteiger charge is 2.18. The number of carbonyl (C=O) groups is 2. The molecule has 0 bridgehead atoms. The normalized spacial score (nSPS) is 12.3. The smallest absolute Gasteiger partial charge is 0.306 e. The minimum atomic E-state index is -3.89. The fourth-order valence-electron chi connectivity index (χ4n) is 2.28. The summed E-state index contributed by atoms with van der Waals surface area (Å²) in [4.78, 5) is 31.6. The van der Waals surface area contributed by atoms with Crippen LogP contribution in [0.1, 0.15) is 41.5 Å². The van der Waals surface area contributed by atoms with Crippen LogP contribution in [0.25, 0.3) is 0 Å². The third-order valence-corrected chi connectivity index (χ3v) is 4.65. The first-order chi connectivity index (χ1) is 13.9. The SMILES string of the molecule is CC(C)C(C)Nc1nc(Nc2ccc(C(N)=O)c(OS(C)(=O)=O)c2)ncc1C(N)=O. The summed E-state index contributed by atoms with van der Waals surface area (Å²) in [6.45, 7) is 5.94. The zero-order valence-electron chi connectivity index (χ0n) is 17.0. The van der Waals surface area contributed by atoms with Gasteiger partial charge < -0.3 is 26.3 Å². The van der Waals surface area contributed by atoms with Gasteiger partial charge in [0, 0.05) is 24.0 Å². The van der Waals surface area contributed by atoms with Crippen molar-refractivity contribution in [3.63, 3.8) is 0 Å². The molecular weight excluding hydrogens is 412 g/mol. The molecule has 1 aromatic heterocycles. The van der Waals surface area contributed by atoms with Crippen LogP contribution >= 0.6 is 0 Å². The zero-order chi connectivity index (χ0) is 22.6. The van der Waals surface area contributed by atoms with Crippen LogP contribution in [0, 0.1) is 5.92 Å². The standard InChI is InChI=1S/C18H24N6O5S/c1-9(2)10(3)22-17-13(16(20)26)8-21-18(24-17)23-11-5-6-12(15(19)25)14(7-11)29-30(4,27)28/h5-10H,1-4H3,(H2,19,25)(H2,20,26)(H2,21,22,23,24). The van der Waals surface area contributed by atoms with E-state index in [4.69, 9.17) is 15.7 Å². The number of benzene rings is 1. The summed E-state index contributed by atoms with van der Waals surface area (Å²) in [6.07, 6.45) is 2.12. The van der Waals surface area contributed by atoms with Gasteiger partial charge in [0.1, 0.15) is 5.82 Å². The van der Waals surface area contributed by atoms with Crippen molar-refractivity contribution in [3.8, 4) is 5.75 Å². The van der Waals surface area contributed by atoms with E-state index in [1.54, 1.807) is 0 Å². The van der Waals surface area contributed by atoms with Crippen molar-refractivity contribution in [1.82, 2.24) is 9.97 Å². The lowest BCUT2D eigenvalue weighted by Crippen LogP contribution is -2.25. The molecule has 0 aliphatic carbocycles. The van der Waals surface area contributed by atoms with E-state index in [0.717, 1.165) is 6.26 Å². The first-order valence-corrected chi connectivity index (χ1v) is 10.7. The van der Waals surface area contributed by atoms with Gasteiger partial charge in [-0.15, -0.1) is 0 Å². The topological polar surface area (TPSA) is 179 Å². The number of nitrogens with one attached hydrogen (secondary N) is 2. The quantitative estimate of drug-likeness (QED) is 0.420. The largest absolute Gasteiger partial charge is 0.382 e. The molecular formula is C18H24N6O5S. The number of hydrogen-bond donors (Lipinski definition) is 4. The monoisotopic (exact) mass is 436 g/mol. The number of aromatic nitrogens is 2. The van der Waals surface area contributed by atoms with Gasteiger partial charge in [-0.1, -0.05) is 13.8 Å². The van der Waals surface area contributed by atoms with Crippen LogP contribution < -0.4 is 26.3 Å². The Hall–Kier alpha value is -3.41. The van der Waals surface area contributed by atoms with Gasteiger partial charge >= 0.3 is 10.1 Å². The van der Waals surface area contributed by atoms with Crippen molar-refractivity contribution in [2.75, 3.05) is 16.9 Å². The average Bonchev–Trinajstić information content (AvgIpc) is 2.60. The second kappa shape index (κ2) is 8.95. The van der Waals surface area contributed by atoms with Crippen LogP contribution in [-0.2, 0) is 10.1 Å². The third-order valence-electron chi connectivity index (χ3n) is 4.16. The molecule has 1 aromatic carbocycles. The highest BCUT2D eigenvalue weighted by atomic mass is 32.2. The Kier molecular flexibility index (Phi) is 6.82. The Morgan fingerprint density at radius 1 is 1.10 bits per heavy atom. The summed E-state index contributed by atoms with van der Waals surface area (Å²) in [5.74, 6) is -1.16. The van der Waals surface area contributed by atoms with Gasteiger partial charge in [0.15, 0.2) is 5.75 Å². The molecule has 0 aliphatic heterocycles. The highest BCUT2D eigenvalue weighted by molar-refractivity contribution is 7.86. The summed E-state index contributed by atoms with van der Waals surface area (Å²) in [7, 11) is -3.89. The maximum Gasteiger partial charge on any atom is 0.306 e. The number of nitrogens with two attached hydrogens (primary N) is 2. The van der Waals surface area contributed by atoms with E-state index in [2.05, 4.69) is 20.6 Å². The third kappa shape index (κ3) is 6.04. The first-order valence-electron chi connectivity index (χ1n) is 8.91. The molecule has 11 nitrogen and oxygen atoms in total. The minimum Gasteiger partial charge on any atom is -0.382 e. The maximum absolute atomic E-state index is 11.7. The van der Waals surface area contributed by atoms with Crippen molar-refractivity contribution in [2.45, 2.75) is 26.8 Å². The molecule has 2 rings (SSSR count). The van der Waals surface area contributed by atoms with Crippen molar-refractivity contribution in [1.29, 1.82) is 0 Å². The number of hydrogen-bond acceptors (Lipinski definition) is 9. The molecule has 0 fully saturated rings. The van der Waals surface area contributed by atoms with Gasteiger partial charge in [-0.3, -0.25) is 9.59 Å². The Bertz CT molecular complexity index is 1070. The van der Waals surface area contributed by atoms with Crippen LogP contribution in [-0.4, -0.2) is 42.5 Å². The van der Waals surface area contributed by atoms with E-state index in [0.29, 0.717) is 5.69 Å². The van der Waals surface area contributed by atoms with Gasteiger partial charge in [-0.2, -0.15) is 13.4 Å². The van der Waals surface area contributed by atoms with Crippen LogP contribution in [0.4, 0.5) is 17.5 Å². The Labute approximate surface area is 174 Å². The first kappa shape index (κ1) is 22.9. The number of primary amides is 2. The number of amides is 2. The molecule has 30 heavy (non-hydrogen) atoms. The molecule has 1 unspecified atom stereocenters. The van der Waals surface area contributed by atoms with Gasteiger partial charge in [-0.25, -0.2) is 4.98 Å². The van der Waals surface area contributed by atoms with Crippen molar-refractivity contribution in [3.05, 3.63) is 35.5 Å². The fraction of sp³-hybridized carbons (Fsp3) is 0.333. The van der Waals surface area contributed by atoms with E-state index in [1.807, 2.05) is 20.8 Å². The molecule has 0 radical (unpaired) electrons. The molecule has 0 spiro atoms. The van der Waals surface area contributed by atoms with Crippen LogP contribution in [0.5, 0.6) is 5.75 Å². The minimum absolute atomic E-state index is 0.00420. The van der Waals surface area contributed by atoms with Crippen LogP contribution in [0.3, 0.4) is 0 Å². The number of carbonyl (C=O) groups excluding carboxylic acids is 2. The van der Waals surface area contributed by atoms with Crippen LogP contribution in [0.2, 0.25) is 0 Å². The summed E-state index contributed by atoms with van der Waals surface area (Å²) in [5, 5.41) is 5.99. The second-order valence-corrected chi connectivity index (χ2v) is 8.56. The molecule has 12 heteroatoms. The maximum atomic E-state index is 11.7. The molecule has 2 amide bonds. The van der Waals surface area contributed by atoms with E-state index in [1.165, 1.54) is 24.4 Å². The Balaban J connectivity index is 2.40. The Morgan fingerprint density at radius 2 is 1.73 bits per heavy atom. The lowest BCUT2D eigenvalue weighted by Gasteiger charge is -2.20. The molecule has 1 atom stereocenters. The van der Waals surface area contributed by atoms with Gasteiger partial charge in [-0.05, 0) is 25.0 Å². The van der Waals surface area contributed by atoms with E-state index in [9.17, 15) is 18.0 Å². The summed E-state index contributed by atoms with van der Waals surface area (Å²) < 4.78 is 27.8. The molecule has 6 N–H and O–H groups in total. The molecule has 0 saturated carbocycles. The van der Waals surface area contributed by atoms with Crippen LogP contribution in [0.15, 0.2) is 24.4 Å². The Morgan fingerprint density at radius 3 is 2.27 bits per heavy atom. The lowest BCUT2D eigenvalue weighted by atomic mass is 10.1. The van der Waals surface area contributed by atoms with E-state index >= 15 is 0 Å². The summed E-state index contributed by atoms with van der Waals surface area (Å²) >= 11 is 0. The number of nitrogens with zero attached hydrogens (tertiary/aromatic N) is 2. The van der Waals surface area contributed by atoms with E-state index in [-0.39, 0.29) is 40.6 Å². The van der Waals surface area contributed by atoms with Crippen molar-refractivity contribution < 1.29 is 22.2 Å². The van der Waals surface area contributed by atoms with E-state index < -0.39 is 21.9 Å². The lowest BCUT2D eigenvalue weighted by molar-refractivity contribution is 0.0991. The average molecular weight is 436 g/mol. The number of anilines is 3. The summed E-state index contributed by atoms with van der Waals surface area (Å²) in [5.41, 5.74) is 11.0. The van der Waals surface area contributed by atoms with Gasteiger partial charge in [0.25, 0.3) is 11.8 Å². The zero-order valence-corrected chi connectivity index (χ0v) is 17.8. The molecule has 2 aromatic rings. The predicted octanol–water partition coefficient (Wildman–Crippen LogP) is 1.21. The van der Waals surface area contributed by atoms with Crippen molar-refractivity contribution >= 4 is 39.4 Å².